The first-order valence-electron chi connectivity index (χ1n) is 6.34. The molecule has 1 atom stereocenters. The molecule has 1 saturated heterocycles. The number of aromatic hydroxyl groups is 1. The molecule has 18 heavy (non-hydrogen) atoms. The maximum atomic E-state index is 12.1. The van der Waals surface area contributed by atoms with Crippen LogP contribution in [0.25, 0.3) is 0 Å². The van der Waals surface area contributed by atoms with Gasteiger partial charge in [-0.25, -0.2) is 0 Å². The Morgan fingerprint density at radius 1 is 1.50 bits per heavy atom. The topological polar surface area (TPSA) is 58.6 Å². The quantitative estimate of drug-likeness (QED) is 0.802. The van der Waals surface area contributed by atoms with Crippen LogP contribution in [0.3, 0.4) is 0 Å². The van der Waals surface area contributed by atoms with E-state index in [9.17, 15) is 9.90 Å². The molecular formula is C14H19NO3. The summed E-state index contributed by atoms with van der Waals surface area (Å²) >= 11 is 0. The number of carbonyl (C=O) groups is 1. The number of nitrogens with one attached hydrogen (secondary N) is 1. The van der Waals surface area contributed by atoms with Crippen LogP contribution in [-0.2, 0) is 0 Å². The number of phenolic OH excluding ortho intramolecular Hbond substituents is 1. The van der Waals surface area contributed by atoms with Crippen molar-refractivity contribution >= 4 is 5.78 Å². The van der Waals surface area contributed by atoms with Crippen LogP contribution in [0.5, 0.6) is 11.5 Å². The summed E-state index contributed by atoms with van der Waals surface area (Å²) in [4.78, 5) is 12.1. The van der Waals surface area contributed by atoms with Gasteiger partial charge in [0.05, 0.1) is 7.11 Å². The number of phenols is 1. The van der Waals surface area contributed by atoms with Crippen LogP contribution >= 0.6 is 0 Å². The second-order valence-corrected chi connectivity index (χ2v) is 4.66. The van der Waals surface area contributed by atoms with Crippen LogP contribution in [0.4, 0.5) is 0 Å². The molecule has 1 fully saturated rings. The number of ether oxygens (including phenoxy) is 1. The third kappa shape index (κ3) is 3.01. The first-order valence-corrected chi connectivity index (χ1v) is 6.34. The van der Waals surface area contributed by atoms with Crippen molar-refractivity contribution in [2.45, 2.75) is 31.7 Å². The zero-order chi connectivity index (χ0) is 13.0. The summed E-state index contributed by atoms with van der Waals surface area (Å²) in [6, 6.07) is 5.02. The number of rotatable bonds is 4. The van der Waals surface area contributed by atoms with Crippen LogP contribution < -0.4 is 10.1 Å². The molecule has 4 nitrogen and oxygen atoms in total. The van der Waals surface area contributed by atoms with E-state index in [1.165, 1.54) is 26.0 Å². The van der Waals surface area contributed by atoms with E-state index >= 15 is 0 Å². The normalized spacial score (nSPS) is 19.5. The molecule has 2 rings (SSSR count). The highest BCUT2D eigenvalue weighted by Crippen LogP contribution is 2.27. The first-order chi connectivity index (χ1) is 8.70. The number of methoxy groups -OCH3 is 1. The SMILES string of the molecule is COc1cc(C(=O)C[C@@H]2CCCCN2)ccc1O. The molecule has 1 aliphatic rings. The van der Waals surface area contributed by atoms with E-state index in [0.717, 1.165) is 13.0 Å². The van der Waals surface area contributed by atoms with Crippen LogP contribution in [0, 0.1) is 0 Å². The number of Topliss-reactive ketones (excluding diaryl/α,β-unsaturated/α-hetero) is 1. The molecule has 1 aromatic rings. The van der Waals surface area contributed by atoms with Gasteiger partial charge in [0, 0.05) is 18.0 Å². The molecule has 0 aromatic heterocycles. The standard InChI is InChI=1S/C14H19NO3/c1-18-14-8-10(5-6-12(14)16)13(17)9-11-4-2-3-7-15-11/h5-6,8,11,15-16H,2-4,7,9H2,1H3/t11-/m0/s1. The Bertz CT molecular complexity index is 425. The van der Waals surface area contributed by atoms with E-state index in [2.05, 4.69) is 5.32 Å². The summed E-state index contributed by atoms with van der Waals surface area (Å²) in [5, 5.41) is 12.8. The Morgan fingerprint density at radius 2 is 2.33 bits per heavy atom. The Balaban J connectivity index is 2.03. The lowest BCUT2D eigenvalue weighted by molar-refractivity contribution is 0.0963. The van der Waals surface area contributed by atoms with Gasteiger partial charge < -0.3 is 15.2 Å². The lowest BCUT2D eigenvalue weighted by Crippen LogP contribution is -2.35. The van der Waals surface area contributed by atoms with Crippen LogP contribution in [0.1, 0.15) is 36.0 Å². The minimum absolute atomic E-state index is 0.0600. The number of hydrogen-bond acceptors (Lipinski definition) is 4. The predicted octanol–water partition coefficient (Wildman–Crippen LogP) is 2.12. The van der Waals surface area contributed by atoms with Crippen molar-refractivity contribution in [3.8, 4) is 11.5 Å². The monoisotopic (exact) mass is 249 g/mol. The summed E-state index contributed by atoms with van der Waals surface area (Å²) in [7, 11) is 1.48. The van der Waals surface area contributed by atoms with E-state index in [1.54, 1.807) is 12.1 Å². The number of carbonyl (C=O) groups excluding carboxylic acids is 1. The molecule has 0 bridgehead atoms. The van der Waals surface area contributed by atoms with Gasteiger partial charge in [-0.05, 0) is 37.6 Å². The molecule has 0 aliphatic carbocycles. The van der Waals surface area contributed by atoms with Crippen LogP contribution in [0.15, 0.2) is 18.2 Å². The largest absolute Gasteiger partial charge is 0.504 e. The van der Waals surface area contributed by atoms with E-state index in [-0.39, 0.29) is 17.6 Å². The van der Waals surface area contributed by atoms with Gasteiger partial charge in [-0.15, -0.1) is 0 Å². The molecule has 0 radical (unpaired) electrons. The third-order valence-corrected chi connectivity index (χ3v) is 3.35. The lowest BCUT2D eigenvalue weighted by Gasteiger charge is -2.22. The zero-order valence-electron chi connectivity index (χ0n) is 10.6. The molecule has 1 aliphatic heterocycles. The maximum Gasteiger partial charge on any atom is 0.164 e. The smallest absolute Gasteiger partial charge is 0.164 e. The number of benzene rings is 1. The summed E-state index contributed by atoms with van der Waals surface area (Å²) < 4.78 is 5.01. The van der Waals surface area contributed by atoms with Crippen molar-refractivity contribution in [1.29, 1.82) is 0 Å². The van der Waals surface area contributed by atoms with E-state index < -0.39 is 0 Å². The van der Waals surface area contributed by atoms with Crippen molar-refractivity contribution in [2.75, 3.05) is 13.7 Å². The third-order valence-electron chi connectivity index (χ3n) is 3.35. The average molecular weight is 249 g/mol. The summed E-state index contributed by atoms with van der Waals surface area (Å²) in [5.41, 5.74) is 0.594. The van der Waals surface area contributed by atoms with Crippen LogP contribution in [-0.4, -0.2) is 30.6 Å². The Kier molecular flexibility index (Phi) is 4.20. The fourth-order valence-electron chi connectivity index (χ4n) is 2.29. The van der Waals surface area contributed by atoms with Crippen molar-refractivity contribution in [2.24, 2.45) is 0 Å². The van der Waals surface area contributed by atoms with Gasteiger partial charge in [-0.3, -0.25) is 4.79 Å². The minimum Gasteiger partial charge on any atom is -0.504 e. The second kappa shape index (κ2) is 5.87. The highest BCUT2D eigenvalue weighted by Gasteiger charge is 2.18. The number of hydrogen-bond donors (Lipinski definition) is 2. The first kappa shape index (κ1) is 12.9. The molecule has 98 valence electrons. The predicted molar refractivity (Wildman–Crippen MR) is 69.2 cm³/mol. The number of piperidine rings is 1. The molecule has 2 N–H and O–H groups in total. The average Bonchev–Trinajstić information content (AvgIpc) is 2.40. The molecule has 0 saturated carbocycles. The highest BCUT2D eigenvalue weighted by molar-refractivity contribution is 5.97. The molecular weight excluding hydrogens is 230 g/mol. The summed E-state index contributed by atoms with van der Waals surface area (Å²) in [6.07, 6.45) is 3.94. The van der Waals surface area contributed by atoms with Gasteiger partial charge in [0.25, 0.3) is 0 Å². The molecule has 0 spiro atoms. The Hall–Kier alpha value is -1.55. The molecule has 0 amide bonds. The Labute approximate surface area is 107 Å². The van der Waals surface area contributed by atoms with Crippen molar-refractivity contribution < 1.29 is 14.6 Å². The highest BCUT2D eigenvalue weighted by atomic mass is 16.5. The lowest BCUT2D eigenvalue weighted by atomic mass is 9.97. The molecule has 1 aromatic carbocycles. The van der Waals surface area contributed by atoms with E-state index in [4.69, 9.17) is 4.74 Å². The van der Waals surface area contributed by atoms with Crippen molar-refractivity contribution in [3.05, 3.63) is 23.8 Å². The van der Waals surface area contributed by atoms with E-state index in [0.29, 0.717) is 17.7 Å². The summed E-state index contributed by atoms with van der Waals surface area (Å²) in [6.45, 7) is 0.997. The van der Waals surface area contributed by atoms with Crippen molar-refractivity contribution in [1.82, 2.24) is 5.32 Å². The van der Waals surface area contributed by atoms with Gasteiger partial charge in [0.15, 0.2) is 17.3 Å². The Morgan fingerprint density at radius 3 is 3.00 bits per heavy atom. The van der Waals surface area contributed by atoms with Gasteiger partial charge in [0.2, 0.25) is 0 Å². The van der Waals surface area contributed by atoms with Crippen molar-refractivity contribution in [3.63, 3.8) is 0 Å². The van der Waals surface area contributed by atoms with Crippen LogP contribution in [0.2, 0.25) is 0 Å². The minimum atomic E-state index is 0.0600. The van der Waals surface area contributed by atoms with Gasteiger partial charge in [0.1, 0.15) is 0 Å². The zero-order valence-corrected chi connectivity index (χ0v) is 10.6. The summed E-state index contributed by atoms with van der Waals surface area (Å²) in [5.74, 6) is 0.495. The van der Waals surface area contributed by atoms with E-state index in [1.807, 2.05) is 0 Å². The maximum absolute atomic E-state index is 12.1. The fraction of sp³-hybridized carbons (Fsp3) is 0.500. The molecule has 4 heteroatoms. The number of ketones is 1. The van der Waals surface area contributed by atoms with Gasteiger partial charge in [-0.1, -0.05) is 6.42 Å². The molecule has 1 heterocycles. The second-order valence-electron chi connectivity index (χ2n) is 4.66. The fourth-order valence-corrected chi connectivity index (χ4v) is 2.29. The molecule has 0 unspecified atom stereocenters. The van der Waals surface area contributed by atoms with Gasteiger partial charge in [-0.2, -0.15) is 0 Å². The van der Waals surface area contributed by atoms with Gasteiger partial charge >= 0.3 is 0 Å².